The molecular weight excluding hydrogens is 226 g/mol. The number of aryl methyl sites for hydroxylation is 3. The van der Waals surface area contributed by atoms with Gasteiger partial charge in [0.15, 0.2) is 0 Å². The molecule has 1 N–H and O–H groups in total. The Labute approximate surface area is 108 Å². The Morgan fingerprint density at radius 2 is 2.22 bits per heavy atom. The summed E-state index contributed by atoms with van der Waals surface area (Å²) in [5.74, 6) is 2.03. The number of furan rings is 1. The lowest BCUT2D eigenvalue weighted by molar-refractivity contribution is 0.402. The molecule has 0 aromatic carbocycles. The minimum atomic E-state index is 0.195. The zero-order valence-electron chi connectivity index (χ0n) is 11.5. The van der Waals surface area contributed by atoms with Gasteiger partial charge in [0.05, 0.1) is 11.7 Å². The van der Waals surface area contributed by atoms with Crippen molar-refractivity contribution in [2.75, 3.05) is 7.05 Å². The topological polar surface area (TPSA) is 43.0 Å². The predicted molar refractivity (Wildman–Crippen MR) is 71.5 cm³/mol. The van der Waals surface area contributed by atoms with Crippen LogP contribution < -0.4 is 5.32 Å². The molecule has 0 saturated heterocycles. The molecule has 2 aromatic heterocycles. The summed E-state index contributed by atoms with van der Waals surface area (Å²) >= 11 is 0. The lowest BCUT2D eigenvalue weighted by Gasteiger charge is -2.13. The van der Waals surface area contributed by atoms with E-state index in [0.717, 1.165) is 30.1 Å². The van der Waals surface area contributed by atoms with Gasteiger partial charge in [-0.3, -0.25) is 4.68 Å². The molecule has 0 aliphatic heterocycles. The summed E-state index contributed by atoms with van der Waals surface area (Å²) in [7, 11) is 3.94. The molecule has 0 aliphatic carbocycles. The van der Waals surface area contributed by atoms with Gasteiger partial charge in [-0.2, -0.15) is 5.10 Å². The van der Waals surface area contributed by atoms with Gasteiger partial charge in [0, 0.05) is 25.6 Å². The van der Waals surface area contributed by atoms with Crippen molar-refractivity contribution in [3.8, 4) is 0 Å². The Morgan fingerprint density at radius 1 is 1.44 bits per heavy atom. The highest BCUT2D eigenvalue weighted by molar-refractivity contribution is 5.16. The van der Waals surface area contributed by atoms with Crippen molar-refractivity contribution in [1.82, 2.24) is 15.1 Å². The number of aromatic nitrogens is 2. The highest BCUT2D eigenvalue weighted by Gasteiger charge is 2.16. The number of hydrogen-bond donors (Lipinski definition) is 1. The lowest BCUT2D eigenvalue weighted by atomic mass is 10.1. The van der Waals surface area contributed by atoms with Crippen LogP contribution in [0.4, 0.5) is 0 Å². The van der Waals surface area contributed by atoms with Gasteiger partial charge in [-0.1, -0.05) is 6.92 Å². The smallest absolute Gasteiger partial charge is 0.121 e. The molecule has 4 heteroatoms. The molecule has 2 aromatic rings. The molecule has 0 amide bonds. The number of hydrogen-bond acceptors (Lipinski definition) is 3. The second kappa shape index (κ2) is 5.40. The summed E-state index contributed by atoms with van der Waals surface area (Å²) in [6.07, 6.45) is 1.81. The molecule has 2 heterocycles. The van der Waals surface area contributed by atoms with E-state index in [1.807, 2.05) is 31.8 Å². The maximum absolute atomic E-state index is 5.81. The Hall–Kier alpha value is -1.55. The van der Waals surface area contributed by atoms with Crippen molar-refractivity contribution < 1.29 is 4.42 Å². The Kier molecular flexibility index (Phi) is 3.87. The lowest BCUT2D eigenvalue weighted by Crippen LogP contribution is -2.19. The van der Waals surface area contributed by atoms with Crippen molar-refractivity contribution in [1.29, 1.82) is 0 Å². The summed E-state index contributed by atoms with van der Waals surface area (Å²) in [6.45, 7) is 4.11. The van der Waals surface area contributed by atoms with Crippen molar-refractivity contribution in [2.45, 2.75) is 32.7 Å². The molecule has 0 spiro atoms. The summed E-state index contributed by atoms with van der Waals surface area (Å²) in [4.78, 5) is 0. The average molecular weight is 247 g/mol. The fourth-order valence-electron chi connectivity index (χ4n) is 2.18. The van der Waals surface area contributed by atoms with Gasteiger partial charge in [-0.15, -0.1) is 0 Å². The van der Waals surface area contributed by atoms with Gasteiger partial charge in [-0.25, -0.2) is 0 Å². The molecule has 98 valence electrons. The van der Waals surface area contributed by atoms with Crippen LogP contribution in [0.3, 0.4) is 0 Å². The molecule has 2 rings (SSSR count). The van der Waals surface area contributed by atoms with Crippen molar-refractivity contribution in [3.63, 3.8) is 0 Å². The van der Waals surface area contributed by atoms with Crippen LogP contribution in [0.25, 0.3) is 0 Å². The first kappa shape index (κ1) is 12.9. The summed E-state index contributed by atoms with van der Waals surface area (Å²) < 4.78 is 7.75. The first-order valence-corrected chi connectivity index (χ1v) is 6.39. The van der Waals surface area contributed by atoms with Crippen LogP contribution in [0.2, 0.25) is 0 Å². The Morgan fingerprint density at radius 3 is 2.72 bits per heavy atom. The van der Waals surface area contributed by atoms with Crippen LogP contribution in [-0.2, 0) is 19.9 Å². The maximum Gasteiger partial charge on any atom is 0.121 e. The number of nitrogens with zero attached hydrogens (tertiary/aromatic N) is 2. The second-order valence-electron chi connectivity index (χ2n) is 4.60. The van der Waals surface area contributed by atoms with E-state index in [2.05, 4.69) is 29.5 Å². The van der Waals surface area contributed by atoms with Crippen LogP contribution in [0.5, 0.6) is 0 Å². The number of rotatable bonds is 5. The molecule has 1 unspecified atom stereocenters. The van der Waals surface area contributed by atoms with Gasteiger partial charge in [0.1, 0.15) is 11.5 Å². The van der Waals surface area contributed by atoms with E-state index in [1.165, 1.54) is 5.69 Å². The fraction of sp³-hybridized carbons (Fsp3) is 0.500. The standard InChI is InChI=1S/C14H21N3O/c1-5-12-6-7-14(18-12)13(15-3)9-11-8-10(2)16-17(11)4/h6-8,13,15H,5,9H2,1-4H3. The Balaban J connectivity index is 2.16. The minimum Gasteiger partial charge on any atom is -0.464 e. The van der Waals surface area contributed by atoms with Gasteiger partial charge in [-0.05, 0) is 32.2 Å². The van der Waals surface area contributed by atoms with E-state index in [9.17, 15) is 0 Å². The third-order valence-corrected chi connectivity index (χ3v) is 3.23. The van der Waals surface area contributed by atoms with Gasteiger partial charge < -0.3 is 9.73 Å². The van der Waals surface area contributed by atoms with E-state index in [-0.39, 0.29) is 6.04 Å². The number of nitrogens with one attached hydrogen (secondary N) is 1. The molecule has 1 atom stereocenters. The third-order valence-electron chi connectivity index (χ3n) is 3.23. The van der Waals surface area contributed by atoms with E-state index in [0.29, 0.717) is 0 Å². The van der Waals surface area contributed by atoms with Gasteiger partial charge >= 0.3 is 0 Å². The van der Waals surface area contributed by atoms with E-state index >= 15 is 0 Å². The first-order valence-electron chi connectivity index (χ1n) is 6.39. The molecule has 0 saturated carbocycles. The van der Waals surface area contributed by atoms with E-state index in [4.69, 9.17) is 4.42 Å². The molecule has 0 aliphatic rings. The highest BCUT2D eigenvalue weighted by Crippen LogP contribution is 2.21. The van der Waals surface area contributed by atoms with Crippen molar-refractivity contribution >= 4 is 0 Å². The molecule has 0 bridgehead atoms. The minimum absolute atomic E-state index is 0.195. The molecule has 4 nitrogen and oxygen atoms in total. The third kappa shape index (κ3) is 2.64. The van der Waals surface area contributed by atoms with Crippen LogP contribution in [0.1, 0.15) is 35.9 Å². The van der Waals surface area contributed by atoms with Crippen molar-refractivity contribution in [3.05, 3.63) is 41.1 Å². The summed E-state index contributed by atoms with van der Waals surface area (Å²) in [5, 5.41) is 7.68. The van der Waals surface area contributed by atoms with Crippen LogP contribution in [0.15, 0.2) is 22.6 Å². The second-order valence-corrected chi connectivity index (χ2v) is 4.60. The first-order chi connectivity index (χ1) is 8.63. The monoisotopic (exact) mass is 247 g/mol. The van der Waals surface area contributed by atoms with Crippen LogP contribution in [-0.4, -0.2) is 16.8 Å². The zero-order chi connectivity index (χ0) is 13.1. The quantitative estimate of drug-likeness (QED) is 0.882. The van der Waals surface area contributed by atoms with Gasteiger partial charge in [0.25, 0.3) is 0 Å². The van der Waals surface area contributed by atoms with E-state index < -0.39 is 0 Å². The highest BCUT2D eigenvalue weighted by atomic mass is 16.3. The molecule has 0 radical (unpaired) electrons. The van der Waals surface area contributed by atoms with Gasteiger partial charge in [0.2, 0.25) is 0 Å². The fourth-order valence-corrected chi connectivity index (χ4v) is 2.18. The zero-order valence-corrected chi connectivity index (χ0v) is 11.5. The largest absolute Gasteiger partial charge is 0.464 e. The van der Waals surface area contributed by atoms with Crippen LogP contribution >= 0.6 is 0 Å². The normalized spacial score (nSPS) is 12.9. The van der Waals surface area contributed by atoms with Crippen molar-refractivity contribution in [2.24, 2.45) is 7.05 Å². The average Bonchev–Trinajstić information content (AvgIpc) is 2.93. The van der Waals surface area contributed by atoms with E-state index in [1.54, 1.807) is 0 Å². The summed E-state index contributed by atoms with van der Waals surface area (Å²) in [5.41, 5.74) is 2.26. The predicted octanol–water partition coefficient (Wildman–Crippen LogP) is 2.39. The summed E-state index contributed by atoms with van der Waals surface area (Å²) in [6, 6.07) is 6.42. The molecular formula is C14H21N3O. The maximum atomic E-state index is 5.81. The number of likely N-dealkylation sites (N-methyl/N-ethyl adjacent to an activating group) is 1. The Bertz CT molecular complexity index is 513. The molecule has 18 heavy (non-hydrogen) atoms. The SMILES string of the molecule is CCc1ccc(C(Cc2cc(C)nn2C)NC)o1. The van der Waals surface area contributed by atoms with Crippen LogP contribution in [0, 0.1) is 6.92 Å². The molecule has 0 fully saturated rings.